The molecule has 0 saturated heterocycles. The Morgan fingerprint density at radius 1 is 1.08 bits per heavy atom. The first-order valence-electron chi connectivity index (χ1n) is 11.6. The van der Waals surface area contributed by atoms with E-state index in [9.17, 15) is 5.26 Å². The number of fused-ring (bicyclic) bond motifs is 1. The number of hydrogen-bond donors (Lipinski definition) is 2. The second kappa shape index (κ2) is 11.7. The first kappa shape index (κ1) is 25.8. The molecule has 1 aromatic heterocycles. The number of ether oxygens (including phenoxy) is 2. The molecule has 8 heteroatoms. The van der Waals surface area contributed by atoms with E-state index in [1.165, 1.54) is 0 Å². The summed E-state index contributed by atoms with van der Waals surface area (Å²) in [6.45, 7) is 8.31. The normalized spacial score (nSPS) is 10.7. The Morgan fingerprint density at radius 2 is 1.81 bits per heavy atom. The molecule has 0 fully saturated rings. The van der Waals surface area contributed by atoms with Gasteiger partial charge in [0.05, 0.1) is 42.3 Å². The van der Waals surface area contributed by atoms with E-state index in [4.69, 9.17) is 25.9 Å². The molecule has 3 aromatic carbocycles. The molecule has 0 radical (unpaired) electrons. The molecule has 1 heterocycles. The Bertz CT molecular complexity index is 1450. The maximum atomic E-state index is 9.72. The fourth-order valence-electron chi connectivity index (χ4n) is 3.67. The Balaban J connectivity index is 1.51. The van der Waals surface area contributed by atoms with E-state index in [0.29, 0.717) is 45.6 Å². The van der Waals surface area contributed by atoms with Gasteiger partial charge in [-0.25, -0.2) is 0 Å². The lowest BCUT2D eigenvalue weighted by molar-refractivity contribution is 0.0648. The number of aromatic nitrogens is 1. The monoisotopic (exact) mass is 514 g/mol. The maximum Gasteiger partial charge on any atom is 0.163 e. The molecule has 0 amide bonds. The van der Waals surface area contributed by atoms with Gasteiger partial charge in [0.15, 0.2) is 11.5 Å². The van der Waals surface area contributed by atoms with Crippen LogP contribution in [-0.4, -0.2) is 18.2 Å². The van der Waals surface area contributed by atoms with E-state index < -0.39 is 0 Å². The topological polar surface area (TPSA) is 88.4 Å². The van der Waals surface area contributed by atoms with E-state index in [1.807, 2.05) is 74.5 Å². The van der Waals surface area contributed by atoms with Gasteiger partial charge in [-0.2, -0.15) is 5.26 Å². The molecule has 0 aliphatic rings. The molecule has 0 spiro atoms. The van der Waals surface area contributed by atoms with Gasteiger partial charge < -0.3 is 14.8 Å². The van der Waals surface area contributed by atoms with Crippen molar-refractivity contribution in [1.82, 2.24) is 10.5 Å². The minimum absolute atomic E-state index is 0.0204. The van der Waals surface area contributed by atoms with Gasteiger partial charge in [0.1, 0.15) is 6.07 Å². The summed E-state index contributed by atoms with van der Waals surface area (Å²) in [5.74, 6) is 1.17. The van der Waals surface area contributed by atoms with Crippen molar-refractivity contribution in [3.63, 3.8) is 0 Å². The summed E-state index contributed by atoms with van der Waals surface area (Å²) >= 11 is 5.92. The van der Waals surface area contributed by atoms with E-state index in [1.54, 1.807) is 13.3 Å². The molecule has 0 aliphatic carbocycles. The van der Waals surface area contributed by atoms with Gasteiger partial charge in [0.2, 0.25) is 0 Å². The zero-order chi connectivity index (χ0) is 26.4. The van der Waals surface area contributed by atoms with Crippen molar-refractivity contribution in [2.24, 2.45) is 0 Å². The predicted octanol–water partition coefficient (Wildman–Crippen LogP) is 6.99. The fourth-order valence-corrected chi connectivity index (χ4v) is 3.80. The Hall–Kier alpha value is -4.25. The van der Waals surface area contributed by atoms with Gasteiger partial charge in [-0.1, -0.05) is 42.4 Å². The van der Waals surface area contributed by atoms with Crippen LogP contribution in [0, 0.1) is 11.3 Å². The molecule has 7 nitrogen and oxygen atoms in total. The van der Waals surface area contributed by atoms with Gasteiger partial charge in [0.25, 0.3) is 0 Å². The summed E-state index contributed by atoms with van der Waals surface area (Å²) in [6.07, 6.45) is 1.53. The molecule has 37 heavy (non-hydrogen) atoms. The number of nitrogens with zero attached hydrogens (tertiary/aromatic N) is 2. The number of hydroxylamine groups is 1. The quantitative estimate of drug-likeness (QED) is 0.220. The van der Waals surface area contributed by atoms with Gasteiger partial charge in [-0.3, -0.25) is 15.3 Å². The summed E-state index contributed by atoms with van der Waals surface area (Å²) in [7, 11) is 1.59. The number of nitriles is 1. The number of hydrogen-bond acceptors (Lipinski definition) is 7. The molecule has 0 saturated carbocycles. The number of halogens is 1. The van der Waals surface area contributed by atoms with E-state index in [-0.39, 0.29) is 6.10 Å². The molecular weight excluding hydrogens is 488 g/mol. The molecule has 0 atom stereocenters. The molecule has 4 aromatic rings. The highest BCUT2D eigenvalue weighted by atomic mass is 35.5. The summed E-state index contributed by atoms with van der Waals surface area (Å²) < 4.78 is 11.4. The van der Waals surface area contributed by atoms with Crippen LogP contribution in [0.3, 0.4) is 0 Å². The van der Waals surface area contributed by atoms with Crippen molar-refractivity contribution < 1.29 is 14.3 Å². The lowest BCUT2D eigenvalue weighted by atomic mass is 10.1. The fraction of sp³-hybridized carbons (Fsp3) is 0.172. The summed E-state index contributed by atoms with van der Waals surface area (Å²) in [6, 6.07) is 20.9. The van der Waals surface area contributed by atoms with Crippen molar-refractivity contribution in [2.75, 3.05) is 12.4 Å². The summed E-state index contributed by atoms with van der Waals surface area (Å²) in [5.41, 5.74) is 7.88. The standard InChI is InChI=1S/C29H27ClN4O3/c1-18(2)37-28-14-26-25(13-27(28)35-4)29(22(15-31)16-32-26)33-24-11-7-21(8-12-24)19(3)34-36-17-20-5-9-23(30)10-6-20/h5-14,16,18,34H,3,17H2,1-2,4H3,(H,32,33). The van der Waals surface area contributed by atoms with Crippen LogP contribution in [0.15, 0.2) is 73.4 Å². The zero-order valence-electron chi connectivity index (χ0n) is 20.8. The predicted molar refractivity (Wildman–Crippen MR) is 147 cm³/mol. The number of methoxy groups -OCH3 is 1. The molecule has 2 N–H and O–H groups in total. The number of rotatable bonds is 10. The second-order valence-corrected chi connectivity index (χ2v) is 8.98. The minimum Gasteiger partial charge on any atom is -0.493 e. The van der Waals surface area contributed by atoms with Crippen molar-refractivity contribution in [3.8, 4) is 17.6 Å². The lowest BCUT2D eigenvalue weighted by Crippen LogP contribution is -2.12. The first-order chi connectivity index (χ1) is 17.9. The minimum atomic E-state index is -0.0204. The van der Waals surface area contributed by atoms with Crippen LogP contribution in [0.5, 0.6) is 11.5 Å². The Morgan fingerprint density at radius 3 is 2.46 bits per heavy atom. The third kappa shape index (κ3) is 6.31. The summed E-state index contributed by atoms with van der Waals surface area (Å²) in [5, 5.41) is 14.5. The highest BCUT2D eigenvalue weighted by Gasteiger charge is 2.15. The van der Waals surface area contributed by atoms with Crippen LogP contribution in [0.2, 0.25) is 5.02 Å². The average Bonchev–Trinajstić information content (AvgIpc) is 2.89. The first-order valence-corrected chi connectivity index (χ1v) is 12.0. The molecule has 188 valence electrons. The van der Waals surface area contributed by atoms with Crippen molar-refractivity contribution in [2.45, 2.75) is 26.6 Å². The Labute approximate surface area is 221 Å². The SMILES string of the molecule is C=C(NOCc1ccc(Cl)cc1)c1ccc(Nc2c(C#N)cnc3cc(OC(C)C)c(OC)cc23)cc1. The number of pyridine rings is 1. The molecule has 4 rings (SSSR count). The van der Waals surface area contributed by atoms with E-state index in [0.717, 1.165) is 22.2 Å². The molecule has 0 bridgehead atoms. The summed E-state index contributed by atoms with van der Waals surface area (Å²) in [4.78, 5) is 10.0. The van der Waals surface area contributed by atoms with Gasteiger partial charge >= 0.3 is 0 Å². The lowest BCUT2D eigenvalue weighted by Gasteiger charge is -2.17. The number of anilines is 2. The van der Waals surface area contributed by atoms with Gasteiger partial charge in [-0.15, -0.1) is 0 Å². The van der Waals surface area contributed by atoms with Crippen molar-refractivity contribution in [1.29, 1.82) is 5.26 Å². The van der Waals surface area contributed by atoms with E-state index >= 15 is 0 Å². The van der Waals surface area contributed by atoms with Crippen LogP contribution in [0.1, 0.15) is 30.5 Å². The smallest absolute Gasteiger partial charge is 0.163 e. The Kier molecular flexibility index (Phi) is 8.14. The third-order valence-electron chi connectivity index (χ3n) is 5.49. The highest BCUT2D eigenvalue weighted by Crippen LogP contribution is 2.37. The van der Waals surface area contributed by atoms with Gasteiger partial charge in [-0.05, 0) is 55.3 Å². The zero-order valence-corrected chi connectivity index (χ0v) is 21.6. The third-order valence-corrected chi connectivity index (χ3v) is 5.74. The molecular formula is C29H27ClN4O3. The molecule has 0 aliphatic heterocycles. The average molecular weight is 515 g/mol. The van der Waals surface area contributed by atoms with Crippen LogP contribution < -0.4 is 20.3 Å². The maximum absolute atomic E-state index is 9.72. The highest BCUT2D eigenvalue weighted by molar-refractivity contribution is 6.30. The second-order valence-electron chi connectivity index (χ2n) is 8.54. The number of nitrogens with one attached hydrogen (secondary N) is 2. The van der Waals surface area contributed by atoms with Crippen LogP contribution >= 0.6 is 11.6 Å². The van der Waals surface area contributed by atoms with Gasteiger partial charge in [0, 0.05) is 28.4 Å². The van der Waals surface area contributed by atoms with Crippen molar-refractivity contribution in [3.05, 3.63) is 95.2 Å². The largest absolute Gasteiger partial charge is 0.493 e. The van der Waals surface area contributed by atoms with Crippen LogP contribution in [-0.2, 0) is 11.4 Å². The van der Waals surface area contributed by atoms with Crippen LogP contribution in [0.25, 0.3) is 16.6 Å². The van der Waals surface area contributed by atoms with Crippen molar-refractivity contribution >= 4 is 39.6 Å². The molecule has 0 unspecified atom stereocenters. The van der Waals surface area contributed by atoms with E-state index in [2.05, 4.69) is 28.4 Å². The number of benzene rings is 3. The van der Waals surface area contributed by atoms with Crippen LogP contribution in [0.4, 0.5) is 11.4 Å².